The fourth-order valence-electron chi connectivity index (χ4n) is 0.495. The molecule has 0 aromatic heterocycles. The highest BCUT2D eigenvalue weighted by Crippen LogP contribution is 2.02. The highest BCUT2D eigenvalue weighted by atomic mass is 16.7. The minimum Gasteiger partial charge on any atom is -0.431 e. The Bertz CT molecular complexity index is 120. The first kappa shape index (κ1) is 11.3. The summed E-state index contributed by atoms with van der Waals surface area (Å²) in [5.74, 6) is 0. The van der Waals surface area contributed by atoms with Gasteiger partial charge in [-0.15, -0.1) is 0 Å². The van der Waals surface area contributed by atoms with E-state index in [-0.39, 0.29) is 12.2 Å². The van der Waals surface area contributed by atoms with E-state index in [0.29, 0.717) is 0 Å². The van der Waals surface area contributed by atoms with Crippen LogP contribution in [0, 0.1) is 6.42 Å². The molecule has 0 fully saturated rings. The number of rotatable bonds is 4. The lowest BCUT2D eigenvalue weighted by Crippen LogP contribution is -2.19. The normalized spacial score (nSPS) is 15.0. The van der Waals surface area contributed by atoms with Crippen LogP contribution < -0.4 is 0 Å². The maximum Gasteiger partial charge on any atom is 0.508 e. The van der Waals surface area contributed by atoms with Crippen LogP contribution in [0.2, 0.25) is 0 Å². The van der Waals surface area contributed by atoms with Crippen LogP contribution in [-0.4, -0.2) is 18.4 Å². The molecule has 0 aromatic carbocycles. The van der Waals surface area contributed by atoms with Gasteiger partial charge >= 0.3 is 6.16 Å². The molecule has 0 saturated heterocycles. The van der Waals surface area contributed by atoms with Gasteiger partial charge in [0.05, 0.1) is 0 Å². The molecule has 0 amide bonds. The largest absolute Gasteiger partial charge is 0.508 e. The van der Waals surface area contributed by atoms with Gasteiger partial charge < -0.3 is 9.47 Å². The molecule has 0 spiro atoms. The Morgan fingerprint density at radius 1 is 1.42 bits per heavy atom. The van der Waals surface area contributed by atoms with E-state index in [9.17, 15) is 4.79 Å². The molecule has 3 heteroatoms. The molecule has 0 bridgehead atoms. The first-order valence-electron chi connectivity index (χ1n) is 4.26. The first-order valence-corrected chi connectivity index (χ1v) is 4.26. The van der Waals surface area contributed by atoms with E-state index in [1.54, 1.807) is 13.3 Å². The van der Waals surface area contributed by atoms with Gasteiger partial charge in [-0.1, -0.05) is 13.8 Å². The third-order valence-electron chi connectivity index (χ3n) is 1.62. The van der Waals surface area contributed by atoms with Crippen molar-refractivity contribution in [2.24, 2.45) is 0 Å². The number of hydrogen-bond donors (Lipinski definition) is 0. The highest BCUT2D eigenvalue weighted by molar-refractivity contribution is 5.60. The molecule has 12 heavy (non-hydrogen) atoms. The van der Waals surface area contributed by atoms with E-state index in [2.05, 4.69) is 0 Å². The van der Waals surface area contributed by atoms with Crippen molar-refractivity contribution in [3.05, 3.63) is 6.42 Å². The van der Waals surface area contributed by atoms with Crippen LogP contribution in [0.3, 0.4) is 0 Å². The van der Waals surface area contributed by atoms with Crippen LogP contribution in [0.5, 0.6) is 0 Å². The molecule has 0 aliphatic rings. The van der Waals surface area contributed by atoms with Gasteiger partial charge in [-0.25, -0.2) is 4.79 Å². The van der Waals surface area contributed by atoms with E-state index < -0.39 is 6.16 Å². The molecule has 0 rings (SSSR count). The van der Waals surface area contributed by atoms with Crippen molar-refractivity contribution in [3.8, 4) is 0 Å². The van der Waals surface area contributed by atoms with E-state index >= 15 is 0 Å². The summed E-state index contributed by atoms with van der Waals surface area (Å²) in [4.78, 5) is 10.9. The van der Waals surface area contributed by atoms with Crippen LogP contribution in [-0.2, 0) is 9.47 Å². The van der Waals surface area contributed by atoms with Gasteiger partial charge in [0.15, 0.2) is 0 Å². The van der Waals surface area contributed by atoms with Crippen molar-refractivity contribution in [3.63, 3.8) is 0 Å². The number of hydrogen-bond acceptors (Lipinski definition) is 3. The van der Waals surface area contributed by atoms with Gasteiger partial charge in [-0.3, -0.25) is 0 Å². The Morgan fingerprint density at radius 2 is 2.00 bits per heavy atom. The molecule has 2 atom stereocenters. The number of carbonyl (C=O) groups is 1. The summed E-state index contributed by atoms with van der Waals surface area (Å²) in [6.45, 7) is 7.41. The fourth-order valence-corrected chi connectivity index (χ4v) is 0.495. The van der Waals surface area contributed by atoms with Crippen LogP contribution in [0.15, 0.2) is 0 Å². The summed E-state index contributed by atoms with van der Waals surface area (Å²) in [7, 11) is 0. The van der Waals surface area contributed by atoms with E-state index in [1.165, 1.54) is 0 Å². The Kier molecular flexibility index (Phi) is 5.51. The molecule has 0 aliphatic carbocycles. The summed E-state index contributed by atoms with van der Waals surface area (Å²) in [6.07, 6.45) is 1.76. The molecule has 0 aliphatic heterocycles. The first-order chi connectivity index (χ1) is 5.60. The van der Waals surface area contributed by atoms with Crippen LogP contribution in [0.4, 0.5) is 4.79 Å². The van der Waals surface area contributed by atoms with Gasteiger partial charge in [0.2, 0.25) is 0 Å². The second-order valence-electron chi connectivity index (χ2n) is 2.74. The van der Waals surface area contributed by atoms with Crippen LogP contribution in [0.1, 0.15) is 34.1 Å². The molecule has 0 saturated carbocycles. The molecule has 3 nitrogen and oxygen atoms in total. The molecule has 1 radical (unpaired) electrons. The smallest absolute Gasteiger partial charge is 0.431 e. The molecule has 0 aromatic rings. The van der Waals surface area contributed by atoms with Crippen molar-refractivity contribution in [2.45, 2.75) is 46.3 Å². The molecule has 0 heterocycles. The lowest BCUT2D eigenvalue weighted by molar-refractivity contribution is 0.0141. The van der Waals surface area contributed by atoms with Crippen molar-refractivity contribution < 1.29 is 14.3 Å². The van der Waals surface area contributed by atoms with Gasteiger partial charge in [0, 0.05) is 0 Å². The zero-order valence-corrected chi connectivity index (χ0v) is 8.16. The van der Waals surface area contributed by atoms with Crippen LogP contribution in [0.25, 0.3) is 0 Å². The average molecular weight is 173 g/mol. The van der Waals surface area contributed by atoms with Crippen LogP contribution >= 0.6 is 0 Å². The van der Waals surface area contributed by atoms with E-state index in [1.807, 2.05) is 20.8 Å². The molecule has 0 N–H and O–H groups in total. The Hall–Kier alpha value is -0.730. The van der Waals surface area contributed by atoms with E-state index in [0.717, 1.165) is 6.42 Å². The van der Waals surface area contributed by atoms with Gasteiger partial charge in [0.25, 0.3) is 0 Å². The monoisotopic (exact) mass is 173 g/mol. The minimum absolute atomic E-state index is 0.0680. The fraction of sp³-hybridized carbons (Fsp3) is 0.778. The zero-order valence-electron chi connectivity index (χ0n) is 8.16. The minimum atomic E-state index is -0.588. The maximum absolute atomic E-state index is 10.9. The van der Waals surface area contributed by atoms with Crippen molar-refractivity contribution in [1.82, 2.24) is 0 Å². The third-order valence-corrected chi connectivity index (χ3v) is 1.62. The van der Waals surface area contributed by atoms with Crippen molar-refractivity contribution in [2.75, 3.05) is 0 Å². The molecular formula is C9H17O3. The van der Waals surface area contributed by atoms with Crippen molar-refractivity contribution >= 4 is 6.16 Å². The summed E-state index contributed by atoms with van der Waals surface area (Å²) in [5, 5.41) is 0. The SMILES string of the molecule is C[CH][C@@H](C)OC(=O)O[C@H](C)CC. The maximum atomic E-state index is 10.9. The summed E-state index contributed by atoms with van der Waals surface area (Å²) in [6, 6.07) is 0. The quantitative estimate of drug-likeness (QED) is 0.613. The lowest BCUT2D eigenvalue weighted by Gasteiger charge is -2.13. The predicted molar refractivity (Wildman–Crippen MR) is 46.8 cm³/mol. The third kappa shape index (κ3) is 4.99. The van der Waals surface area contributed by atoms with Gasteiger partial charge in [-0.05, 0) is 26.7 Å². The second kappa shape index (κ2) is 5.86. The zero-order chi connectivity index (χ0) is 9.56. The van der Waals surface area contributed by atoms with Gasteiger partial charge in [-0.2, -0.15) is 0 Å². The van der Waals surface area contributed by atoms with E-state index in [4.69, 9.17) is 9.47 Å². The van der Waals surface area contributed by atoms with Gasteiger partial charge in [0.1, 0.15) is 12.2 Å². The molecule has 71 valence electrons. The topological polar surface area (TPSA) is 35.5 Å². The highest BCUT2D eigenvalue weighted by Gasteiger charge is 2.11. The Morgan fingerprint density at radius 3 is 2.42 bits per heavy atom. The summed E-state index contributed by atoms with van der Waals surface area (Å²) >= 11 is 0. The summed E-state index contributed by atoms with van der Waals surface area (Å²) < 4.78 is 9.75. The molecule has 0 unspecified atom stereocenters. The summed E-state index contributed by atoms with van der Waals surface area (Å²) in [5.41, 5.74) is 0. The second-order valence-corrected chi connectivity index (χ2v) is 2.74. The number of ether oxygens (including phenoxy) is 2. The molecular weight excluding hydrogens is 156 g/mol. The van der Waals surface area contributed by atoms with Crippen molar-refractivity contribution in [1.29, 1.82) is 0 Å². The Labute approximate surface area is 74.0 Å². The Balaban J connectivity index is 3.59. The number of carbonyl (C=O) groups excluding carboxylic acids is 1. The lowest BCUT2D eigenvalue weighted by atomic mass is 10.3. The standard InChI is InChI=1S/C9H17O3/c1-5-7(3)11-9(10)12-8(4)6-2/h5,7-8H,6H2,1-4H3/t7-,8-/m1/s1. The predicted octanol–water partition coefficient (Wildman–Crippen LogP) is 2.55. The average Bonchev–Trinajstić information content (AvgIpc) is 2.03.